The zero-order valence-corrected chi connectivity index (χ0v) is 31.3. The zero-order valence-electron chi connectivity index (χ0n) is 30.5. The summed E-state index contributed by atoms with van der Waals surface area (Å²) in [6, 6.07) is 13.3. The number of aliphatic hydroxyl groups excluding tert-OH is 2. The quantitative estimate of drug-likeness (QED) is 0.0332. The molecule has 2 aromatic rings. The first-order chi connectivity index (χ1) is 25.9. The monoisotopic (exact) mass is 780 g/mol. The first-order valence-electron chi connectivity index (χ1n) is 17.8. The molecule has 0 radical (unpaired) electrons. The third-order valence-electron chi connectivity index (χ3n) is 7.37. The van der Waals surface area contributed by atoms with Crippen LogP contribution in [0.5, 0.6) is 11.5 Å². The lowest BCUT2D eigenvalue weighted by Crippen LogP contribution is -2.19. The molecule has 0 bridgehead atoms. The molecule has 0 saturated heterocycles. The number of hydrogen-bond donors (Lipinski definition) is 4. The van der Waals surface area contributed by atoms with E-state index in [1.807, 2.05) is 0 Å². The first-order valence-corrected chi connectivity index (χ1v) is 18.2. The van der Waals surface area contributed by atoms with Gasteiger partial charge in [-0.1, -0.05) is 6.58 Å². The summed E-state index contributed by atoms with van der Waals surface area (Å²) in [7, 11) is 0. The number of ketones is 2. The number of carboxylic acids is 2. The van der Waals surface area contributed by atoms with Gasteiger partial charge in [-0.15, -0.1) is 0 Å². The van der Waals surface area contributed by atoms with Crippen molar-refractivity contribution in [2.24, 2.45) is 0 Å². The number of ether oxygens (including phenoxy) is 5. The van der Waals surface area contributed by atoms with Crippen molar-refractivity contribution >= 4 is 40.3 Å². The molecular formula is C39H53ClO14. The Hall–Kier alpha value is -4.18. The third-order valence-corrected chi connectivity index (χ3v) is 7.52. The van der Waals surface area contributed by atoms with Crippen molar-refractivity contribution in [1.82, 2.24) is 0 Å². The van der Waals surface area contributed by atoms with Crippen LogP contribution in [-0.4, -0.2) is 114 Å². The molecule has 0 aliphatic heterocycles. The molecule has 14 nitrogen and oxygen atoms in total. The molecule has 2 unspecified atom stereocenters. The van der Waals surface area contributed by atoms with E-state index in [1.54, 1.807) is 48.5 Å². The minimum absolute atomic E-state index is 0.0343. The summed E-state index contributed by atoms with van der Waals surface area (Å²) in [5.41, 5.74) is 1.02. The van der Waals surface area contributed by atoms with Gasteiger partial charge in [0.15, 0.2) is 11.6 Å². The van der Waals surface area contributed by atoms with Crippen LogP contribution in [0.1, 0.15) is 84.9 Å². The highest BCUT2D eigenvalue weighted by Gasteiger charge is 2.10. The summed E-state index contributed by atoms with van der Waals surface area (Å²) >= 11 is 4.71. The van der Waals surface area contributed by atoms with Gasteiger partial charge in [-0.25, -0.2) is 0 Å². The molecule has 2 atom stereocenters. The van der Waals surface area contributed by atoms with E-state index in [4.69, 9.17) is 45.5 Å². The number of hydrogen-bond acceptors (Lipinski definition) is 12. The van der Waals surface area contributed by atoms with Gasteiger partial charge in [0.05, 0.1) is 38.6 Å². The van der Waals surface area contributed by atoms with Crippen LogP contribution >= 0.6 is 11.6 Å². The van der Waals surface area contributed by atoms with Gasteiger partial charge < -0.3 is 44.1 Å². The van der Waals surface area contributed by atoms with Gasteiger partial charge >= 0.3 is 11.9 Å². The van der Waals surface area contributed by atoms with Crippen LogP contribution in [0.15, 0.2) is 61.2 Å². The molecule has 300 valence electrons. The Balaban J connectivity index is 0.00000272. The number of aliphatic carboxylic acids is 2. The highest BCUT2D eigenvalue weighted by atomic mass is 35.5. The molecule has 0 saturated carbocycles. The SMILES string of the molecule is C=CC(=O)Cl.O=C(O)CCCC(=O)c1ccc(OCCOCC(O)CCCOCCCC(O)COCCOc2ccc(C(=O)CCCC(=O)O)cc2)cc1. The molecule has 2 rings (SSSR count). The molecule has 4 N–H and O–H groups in total. The van der Waals surface area contributed by atoms with E-state index in [9.17, 15) is 34.2 Å². The van der Waals surface area contributed by atoms with Crippen molar-refractivity contribution in [1.29, 1.82) is 0 Å². The van der Waals surface area contributed by atoms with Gasteiger partial charge in [0.1, 0.15) is 24.7 Å². The normalized spacial score (nSPS) is 11.8. The maximum absolute atomic E-state index is 12.1. The van der Waals surface area contributed by atoms with Crippen molar-refractivity contribution in [2.75, 3.05) is 52.9 Å². The maximum Gasteiger partial charge on any atom is 0.303 e. The summed E-state index contributed by atoms with van der Waals surface area (Å²) in [5.74, 6) is -0.892. The Morgan fingerprint density at radius 3 is 1.28 bits per heavy atom. The molecule has 0 spiro atoms. The Labute approximate surface area is 321 Å². The summed E-state index contributed by atoms with van der Waals surface area (Å²) in [5, 5.41) is 37.0. The molecule has 15 heteroatoms. The number of carbonyl (C=O) groups excluding carboxylic acids is 3. The average molecular weight is 781 g/mol. The lowest BCUT2D eigenvalue weighted by molar-refractivity contribution is -0.138. The number of aliphatic hydroxyl groups is 2. The van der Waals surface area contributed by atoms with Crippen LogP contribution in [-0.2, 0) is 28.6 Å². The maximum atomic E-state index is 12.1. The fourth-order valence-electron chi connectivity index (χ4n) is 4.55. The third kappa shape index (κ3) is 25.7. The molecular weight excluding hydrogens is 728 g/mol. The van der Waals surface area contributed by atoms with E-state index in [0.29, 0.717) is 87.6 Å². The predicted molar refractivity (Wildman–Crippen MR) is 200 cm³/mol. The number of Topliss-reactive ketones (excluding diaryl/α,β-unsaturated/α-hetero) is 2. The average Bonchev–Trinajstić information content (AvgIpc) is 3.14. The van der Waals surface area contributed by atoms with Crippen molar-refractivity contribution in [3.8, 4) is 11.5 Å². The summed E-state index contributed by atoms with van der Waals surface area (Å²) in [6.45, 7) is 5.56. The highest BCUT2D eigenvalue weighted by molar-refractivity contribution is 6.66. The van der Waals surface area contributed by atoms with Crippen molar-refractivity contribution in [3.63, 3.8) is 0 Å². The summed E-state index contributed by atoms with van der Waals surface area (Å²) < 4.78 is 27.7. The highest BCUT2D eigenvalue weighted by Crippen LogP contribution is 2.16. The van der Waals surface area contributed by atoms with E-state index in [2.05, 4.69) is 6.58 Å². The van der Waals surface area contributed by atoms with Gasteiger partial charge in [-0.3, -0.25) is 24.0 Å². The van der Waals surface area contributed by atoms with E-state index in [-0.39, 0.29) is 63.7 Å². The fraction of sp³-hybridized carbons (Fsp3) is 0.513. The molecule has 54 heavy (non-hydrogen) atoms. The molecule has 0 aliphatic rings. The van der Waals surface area contributed by atoms with Crippen LogP contribution in [0.3, 0.4) is 0 Å². The Morgan fingerprint density at radius 2 is 0.944 bits per heavy atom. The van der Waals surface area contributed by atoms with Crippen molar-refractivity contribution in [2.45, 2.75) is 76.4 Å². The lowest BCUT2D eigenvalue weighted by atomic mass is 10.1. The van der Waals surface area contributed by atoms with Gasteiger partial charge in [-0.2, -0.15) is 0 Å². The molecule has 0 heterocycles. The molecule has 2 aromatic carbocycles. The minimum atomic E-state index is -0.919. The van der Waals surface area contributed by atoms with Crippen LogP contribution in [0.25, 0.3) is 0 Å². The number of halogens is 1. The van der Waals surface area contributed by atoms with E-state index in [0.717, 1.165) is 6.08 Å². The number of rotatable bonds is 31. The van der Waals surface area contributed by atoms with Gasteiger partial charge in [0, 0.05) is 50.0 Å². The Kier molecular flexibility index (Phi) is 26.7. The van der Waals surface area contributed by atoms with Crippen molar-refractivity contribution in [3.05, 3.63) is 72.3 Å². The zero-order chi connectivity index (χ0) is 40.0. The molecule has 0 aliphatic carbocycles. The van der Waals surface area contributed by atoms with Crippen LogP contribution < -0.4 is 9.47 Å². The minimum Gasteiger partial charge on any atom is -0.491 e. The summed E-state index contributed by atoms with van der Waals surface area (Å²) in [4.78, 5) is 54.7. The topological polar surface area (TPSA) is 212 Å². The number of benzene rings is 2. The van der Waals surface area contributed by atoms with Crippen LogP contribution in [0.2, 0.25) is 0 Å². The fourth-order valence-corrected chi connectivity index (χ4v) is 4.55. The van der Waals surface area contributed by atoms with Crippen LogP contribution in [0.4, 0.5) is 0 Å². The standard InChI is InChI=1S/C36H50O13.C3H3ClO/c37-29(25-46-21-23-48-31-15-11-27(12-16-31)33(39)7-1-9-35(41)42)5-3-19-45-20-4-6-30(38)26-47-22-24-49-32-17-13-28(14-18-32)34(40)8-2-10-36(43)44;1-2-3(4)5/h11-18,29-30,37-38H,1-10,19-26H2,(H,41,42)(H,43,44);2H,1H2. The second-order valence-electron chi connectivity index (χ2n) is 11.9. The molecule has 0 aromatic heterocycles. The first kappa shape index (κ1) is 47.8. The second-order valence-corrected chi connectivity index (χ2v) is 12.3. The number of carboxylic acid groups (broad SMARTS) is 2. The largest absolute Gasteiger partial charge is 0.491 e. The lowest BCUT2D eigenvalue weighted by Gasteiger charge is -2.13. The Morgan fingerprint density at radius 1 is 0.574 bits per heavy atom. The Bertz CT molecular complexity index is 1290. The number of carbonyl (C=O) groups is 5. The second kappa shape index (κ2) is 30.2. The van der Waals surface area contributed by atoms with Gasteiger partial charge in [-0.05, 0) is 105 Å². The molecule has 0 amide bonds. The van der Waals surface area contributed by atoms with Gasteiger partial charge in [0.25, 0.3) is 0 Å². The van der Waals surface area contributed by atoms with Crippen LogP contribution in [0, 0.1) is 0 Å². The van der Waals surface area contributed by atoms with Crippen molar-refractivity contribution < 1.29 is 68.1 Å². The summed E-state index contributed by atoms with van der Waals surface area (Å²) in [6.07, 6.45) is 3.09. The van der Waals surface area contributed by atoms with E-state index in [1.165, 1.54) is 0 Å². The predicted octanol–water partition coefficient (Wildman–Crippen LogP) is 5.29. The molecule has 0 fully saturated rings. The van der Waals surface area contributed by atoms with E-state index < -0.39 is 29.4 Å². The number of allylic oxidation sites excluding steroid dienone is 1. The van der Waals surface area contributed by atoms with Gasteiger partial charge in [0.2, 0.25) is 5.24 Å². The van der Waals surface area contributed by atoms with E-state index >= 15 is 0 Å². The smallest absolute Gasteiger partial charge is 0.303 e.